The zero-order valence-electron chi connectivity index (χ0n) is 24.1. The van der Waals surface area contributed by atoms with Crippen LogP contribution in [-0.4, -0.2) is 86.5 Å². The number of likely N-dealkylation sites (N-methyl/N-ethyl adjacent to an activating group) is 1. The van der Waals surface area contributed by atoms with Gasteiger partial charge in [-0.05, 0) is 63.9 Å². The van der Waals surface area contributed by atoms with Crippen molar-refractivity contribution in [1.29, 1.82) is 0 Å². The molecule has 1 aliphatic heterocycles. The number of ether oxygens (including phenoxy) is 2. The van der Waals surface area contributed by atoms with Gasteiger partial charge in [0.25, 0.3) is 5.91 Å². The van der Waals surface area contributed by atoms with Gasteiger partial charge in [0.2, 0.25) is 0 Å². The molecule has 0 saturated heterocycles. The molecule has 0 spiro atoms. The summed E-state index contributed by atoms with van der Waals surface area (Å²) in [7, 11) is 6.04. The molecule has 1 aliphatic rings. The van der Waals surface area contributed by atoms with E-state index in [0.29, 0.717) is 24.5 Å². The van der Waals surface area contributed by atoms with Crippen LogP contribution in [0.5, 0.6) is 5.75 Å². The summed E-state index contributed by atoms with van der Waals surface area (Å²) in [6.07, 6.45) is 2.77. The molecule has 0 aromatic heterocycles. The van der Waals surface area contributed by atoms with Gasteiger partial charge in [0, 0.05) is 51.9 Å². The van der Waals surface area contributed by atoms with E-state index in [1.54, 1.807) is 4.90 Å². The van der Waals surface area contributed by atoms with E-state index >= 15 is 0 Å². The maximum Gasteiger partial charge on any atom is 0.258 e. The van der Waals surface area contributed by atoms with E-state index in [1.807, 2.05) is 50.2 Å². The Balaban J connectivity index is 1.90. The lowest BCUT2D eigenvalue weighted by molar-refractivity contribution is -0.0177. The zero-order valence-corrected chi connectivity index (χ0v) is 24.1. The number of carbonyl (C=O) groups excluding carboxylic acids is 1. The summed E-state index contributed by atoms with van der Waals surface area (Å²) in [6, 6.07) is 15.9. The van der Waals surface area contributed by atoms with Crippen molar-refractivity contribution in [3.05, 3.63) is 59.7 Å². The lowest BCUT2D eigenvalue weighted by Crippen LogP contribution is -2.47. The number of aliphatic hydroxyl groups is 1. The van der Waals surface area contributed by atoms with Gasteiger partial charge in [0.1, 0.15) is 5.75 Å². The average Bonchev–Trinajstić information content (AvgIpc) is 2.90. The van der Waals surface area contributed by atoms with Crippen molar-refractivity contribution < 1.29 is 19.4 Å². The average molecular weight is 526 g/mol. The van der Waals surface area contributed by atoms with Crippen molar-refractivity contribution in [3.63, 3.8) is 0 Å². The van der Waals surface area contributed by atoms with Crippen LogP contribution >= 0.6 is 0 Å². The molecule has 0 fully saturated rings. The fourth-order valence-corrected chi connectivity index (χ4v) is 4.92. The Morgan fingerprint density at radius 3 is 2.50 bits per heavy atom. The summed E-state index contributed by atoms with van der Waals surface area (Å²) < 4.78 is 12.8. The van der Waals surface area contributed by atoms with Crippen molar-refractivity contribution in [2.24, 2.45) is 5.92 Å². The summed E-state index contributed by atoms with van der Waals surface area (Å²) in [5.41, 5.74) is 2.73. The summed E-state index contributed by atoms with van der Waals surface area (Å²) in [6.45, 7) is 8.72. The molecule has 1 heterocycles. The minimum atomic E-state index is -0.339. The first kappa shape index (κ1) is 29.9. The van der Waals surface area contributed by atoms with Gasteiger partial charge in [-0.1, -0.05) is 37.3 Å². The molecular formula is C31H47N3O4. The van der Waals surface area contributed by atoms with E-state index in [9.17, 15) is 9.90 Å². The Labute approximate surface area is 229 Å². The van der Waals surface area contributed by atoms with E-state index in [4.69, 9.17) is 9.47 Å². The Kier molecular flexibility index (Phi) is 11.4. The SMILES string of the molecule is C[C@@H]1CCCCO[C@@H](CN(C)Cc2ccccc2)[C@H](C)CN([C@H](C)CO)C(=O)c2cc(N(C)C)ccc2O1. The van der Waals surface area contributed by atoms with E-state index in [2.05, 4.69) is 50.1 Å². The molecule has 0 aliphatic carbocycles. The van der Waals surface area contributed by atoms with Gasteiger partial charge in [-0.3, -0.25) is 9.69 Å². The predicted octanol–water partition coefficient (Wildman–Crippen LogP) is 4.68. The lowest BCUT2D eigenvalue weighted by atomic mass is 10.0. The van der Waals surface area contributed by atoms with E-state index < -0.39 is 0 Å². The van der Waals surface area contributed by atoms with Crippen LogP contribution in [-0.2, 0) is 11.3 Å². The number of fused-ring (bicyclic) bond motifs is 1. The van der Waals surface area contributed by atoms with Gasteiger partial charge >= 0.3 is 0 Å². The number of rotatable bonds is 7. The summed E-state index contributed by atoms with van der Waals surface area (Å²) in [5, 5.41) is 10.1. The molecule has 0 unspecified atom stereocenters. The number of nitrogens with zero attached hydrogens (tertiary/aromatic N) is 3. The van der Waals surface area contributed by atoms with E-state index in [1.165, 1.54) is 5.56 Å². The Morgan fingerprint density at radius 1 is 1.08 bits per heavy atom. The first-order valence-electron chi connectivity index (χ1n) is 13.9. The van der Waals surface area contributed by atoms with Crippen LogP contribution in [0.15, 0.2) is 48.5 Å². The minimum Gasteiger partial charge on any atom is -0.490 e. The minimum absolute atomic E-state index is 0.0230. The molecule has 2 aromatic rings. The highest BCUT2D eigenvalue weighted by Crippen LogP contribution is 2.29. The molecule has 2 aromatic carbocycles. The molecule has 210 valence electrons. The number of benzene rings is 2. The van der Waals surface area contributed by atoms with Crippen LogP contribution < -0.4 is 9.64 Å². The lowest BCUT2D eigenvalue weighted by Gasteiger charge is -2.36. The van der Waals surface area contributed by atoms with Crippen molar-refractivity contribution >= 4 is 11.6 Å². The Hall–Kier alpha value is -2.61. The number of amides is 1. The van der Waals surface area contributed by atoms with Crippen LogP contribution in [0, 0.1) is 5.92 Å². The maximum absolute atomic E-state index is 14.1. The molecule has 0 saturated carbocycles. The fraction of sp³-hybridized carbons (Fsp3) is 0.581. The zero-order chi connectivity index (χ0) is 27.7. The third kappa shape index (κ3) is 8.45. The third-order valence-electron chi connectivity index (χ3n) is 7.34. The largest absolute Gasteiger partial charge is 0.490 e. The second kappa shape index (κ2) is 14.5. The van der Waals surface area contributed by atoms with Gasteiger partial charge in [-0.15, -0.1) is 0 Å². The van der Waals surface area contributed by atoms with Gasteiger partial charge in [0.15, 0.2) is 0 Å². The quantitative estimate of drug-likeness (QED) is 0.566. The molecule has 7 nitrogen and oxygen atoms in total. The van der Waals surface area contributed by atoms with Crippen molar-refractivity contribution in [2.75, 3.05) is 52.3 Å². The topological polar surface area (TPSA) is 65.5 Å². The number of anilines is 1. The molecule has 38 heavy (non-hydrogen) atoms. The van der Waals surface area contributed by atoms with Crippen molar-refractivity contribution in [2.45, 2.75) is 64.8 Å². The number of carbonyl (C=O) groups is 1. The highest BCUT2D eigenvalue weighted by atomic mass is 16.5. The van der Waals surface area contributed by atoms with Crippen molar-refractivity contribution in [1.82, 2.24) is 9.80 Å². The second-order valence-electron chi connectivity index (χ2n) is 11.1. The maximum atomic E-state index is 14.1. The normalized spacial score (nSPS) is 22.4. The van der Waals surface area contributed by atoms with Crippen LogP contribution in [0.2, 0.25) is 0 Å². The monoisotopic (exact) mass is 525 g/mol. The first-order chi connectivity index (χ1) is 18.2. The van der Waals surface area contributed by atoms with E-state index in [-0.39, 0.29) is 36.7 Å². The van der Waals surface area contributed by atoms with Crippen LogP contribution in [0.3, 0.4) is 0 Å². The standard InChI is InChI=1S/C31H47N3O4/c1-23-19-34(24(2)22-35)31(36)28-18-27(32(4)5)15-16-29(28)38-25(3)12-10-11-17-37-30(23)21-33(6)20-26-13-8-7-9-14-26/h7-9,13-16,18,23-25,30,35H,10-12,17,19-22H2,1-6H3/t23-,24-,25-,30+/m1/s1. The Bertz CT molecular complexity index is 1000. The Morgan fingerprint density at radius 2 is 1.82 bits per heavy atom. The van der Waals surface area contributed by atoms with Crippen LogP contribution in [0.4, 0.5) is 5.69 Å². The molecule has 0 bridgehead atoms. The molecule has 3 rings (SSSR count). The molecular weight excluding hydrogens is 478 g/mol. The summed E-state index contributed by atoms with van der Waals surface area (Å²) in [4.78, 5) is 20.1. The molecule has 1 amide bonds. The van der Waals surface area contributed by atoms with Gasteiger partial charge in [-0.2, -0.15) is 0 Å². The van der Waals surface area contributed by atoms with Crippen molar-refractivity contribution in [3.8, 4) is 5.75 Å². The van der Waals surface area contributed by atoms with Crippen LogP contribution in [0.25, 0.3) is 0 Å². The third-order valence-corrected chi connectivity index (χ3v) is 7.34. The molecule has 4 atom stereocenters. The fourth-order valence-electron chi connectivity index (χ4n) is 4.92. The number of aliphatic hydroxyl groups excluding tert-OH is 1. The van der Waals surface area contributed by atoms with Gasteiger partial charge in [0.05, 0.1) is 30.4 Å². The molecule has 7 heteroatoms. The smallest absolute Gasteiger partial charge is 0.258 e. The number of hydrogen-bond acceptors (Lipinski definition) is 6. The number of hydrogen-bond donors (Lipinski definition) is 1. The first-order valence-corrected chi connectivity index (χ1v) is 13.9. The van der Waals surface area contributed by atoms with Gasteiger partial charge in [-0.25, -0.2) is 0 Å². The highest BCUT2D eigenvalue weighted by molar-refractivity contribution is 5.98. The van der Waals surface area contributed by atoms with Crippen LogP contribution in [0.1, 0.15) is 56.0 Å². The highest BCUT2D eigenvalue weighted by Gasteiger charge is 2.30. The second-order valence-corrected chi connectivity index (χ2v) is 11.1. The predicted molar refractivity (Wildman–Crippen MR) is 154 cm³/mol. The molecule has 0 radical (unpaired) electrons. The van der Waals surface area contributed by atoms with Gasteiger partial charge < -0.3 is 24.4 Å². The molecule has 1 N–H and O–H groups in total. The van der Waals surface area contributed by atoms with E-state index in [0.717, 1.165) is 38.0 Å². The summed E-state index contributed by atoms with van der Waals surface area (Å²) in [5.74, 6) is 0.538. The summed E-state index contributed by atoms with van der Waals surface area (Å²) >= 11 is 0.